The van der Waals surface area contributed by atoms with Crippen LogP contribution < -0.4 is 5.32 Å². The molecule has 1 unspecified atom stereocenters. The molecule has 1 aliphatic rings. The van der Waals surface area contributed by atoms with E-state index in [0.29, 0.717) is 11.5 Å². The first kappa shape index (κ1) is 12.6. The summed E-state index contributed by atoms with van der Waals surface area (Å²) >= 11 is 0. The molecule has 94 valence electrons. The standard InChI is InChI=1S/C15H23NO/c1-16-14(9-6-12-17-2)15(10-11-15)13-7-4-3-5-8-13/h3-5,7-8,14,16H,6,9-12H2,1-2H3. The summed E-state index contributed by atoms with van der Waals surface area (Å²) in [6.45, 7) is 0.864. The number of methoxy groups -OCH3 is 1. The molecule has 0 heterocycles. The van der Waals surface area contributed by atoms with Gasteiger partial charge < -0.3 is 10.1 Å². The maximum Gasteiger partial charge on any atom is 0.0462 e. The van der Waals surface area contributed by atoms with Crippen molar-refractivity contribution >= 4 is 0 Å². The Kier molecular flexibility index (Phi) is 4.19. The van der Waals surface area contributed by atoms with Crippen LogP contribution in [-0.2, 0) is 10.2 Å². The number of hydrogen-bond acceptors (Lipinski definition) is 2. The van der Waals surface area contributed by atoms with Crippen LogP contribution >= 0.6 is 0 Å². The molecule has 1 aromatic carbocycles. The van der Waals surface area contributed by atoms with Crippen LogP contribution in [-0.4, -0.2) is 26.8 Å². The second-order valence-corrected chi connectivity index (χ2v) is 5.00. The van der Waals surface area contributed by atoms with Gasteiger partial charge in [0.1, 0.15) is 0 Å². The van der Waals surface area contributed by atoms with E-state index in [1.165, 1.54) is 24.8 Å². The van der Waals surface area contributed by atoms with Crippen LogP contribution in [0.2, 0.25) is 0 Å². The van der Waals surface area contributed by atoms with Gasteiger partial charge in [-0.1, -0.05) is 30.3 Å². The first-order valence-electron chi connectivity index (χ1n) is 6.55. The zero-order valence-corrected chi connectivity index (χ0v) is 10.9. The summed E-state index contributed by atoms with van der Waals surface area (Å²) in [6, 6.07) is 11.5. The normalized spacial score (nSPS) is 18.9. The van der Waals surface area contributed by atoms with Gasteiger partial charge in [-0.2, -0.15) is 0 Å². The lowest BCUT2D eigenvalue weighted by molar-refractivity contribution is 0.186. The van der Waals surface area contributed by atoms with Gasteiger partial charge in [0, 0.05) is 25.2 Å². The third kappa shape index (κ3) is 2.70. The molecule has 2 nitrogen and oxygen atoms in total. The summed E-state index contributed by atoms with van der Waals surface area (Å²) in [7, 11) is 3.86. The minimum absolute atomic E-state index is 0.393. The van der Waals surface area contributed by atoms with E-state index in [0.717, 1.165) is 13.0 Å². The Bertz CT molecular complexity index is 332. The van der Waals surface area contributed by atoms with E-state index in [1.807, 2.05) is 0 Å². The van der Waals surface area contributed by atoms with Crippen molar-refractivity contribution in [2.24, 2.45) is 0 Å². The molecule has 0 aliphatic heterocycles. The average molecular weight is 233 g/mol. The predicted octanol–water partition coefficient (Wildman–Crippen LogP) is 2.73. The SMILES string of the molecule is CNC(CCCOC)C1(c2ccccc2)CC1. The minimum Gasteiger partial charge on any atom is -0.385 e. The van der Waals surface area contributed by atoms with Crippen molar-refractivity contribution in [1.29, 1.82) is 0 Å². The average Bonchev–Trinajstić information content (AvgIpc) is 3.17. The molecular formula is C15H23NO. The molecule has 0 aromatic heterocycles. The minimum atomic E-state index is 0.393. The topological polar surface area (TPSA) is 21.3 Å². The van der Waals surface area contributed by atoms with Gasteiger partial charge in [-0.3, -0.25) is 0 Å². The Hall–Kier alpha value is -0.860. The third-order valence-electron chi connectivity index (χ3n) is 3.99. The summed E-state index contributed by atoms with van der Waals surface area (Å²) in [6.07, 6.45) is 4.96. The molecule has 1 aliphatic carbocycles. The molecule has 1 aromatic rings. The van der Waals surface area contributed by atoms with Crippen LogP contribution in [0.4, 0.5) is 0 Å². The Morgan fingerprint density at radius 2 is 2.00 bits per heavy atom. The highest BCUT2D eigenvalue weighted by Gasteiger charge is 2.49. The number of likely N-dealkylation sites (N-methyl/N-ethyl adjacent to an activating group) is 1. The van der Waals surface area contributed by atoms with Gasteiger partial charge in [0.15, 0.2) is 0 Å². The molecule has 0 saturated heterocycles. The first-order chi connectivity index (χ1) is 8.33. The van der Waals surface area contributed by atoms with Crippen molar-refractivity contribution in [3.8, 4) is 0 Å². The molecular weight excluding hydrogens is 210 g/mol. The number of rotatable bonds is 7. The van der Waals surface area contributed by atoms with Gasteiger partial charge in [0.2, 0.25) is 0 Å². The Morgan fingerprint density at radius 3 is 2.53 bits per heavy atom. The van der Waals surface area contributed by atoms with Crippen molar-refractivity contribution in [1.82, 2.24) is 5.32 Å². The van der Waals surface area contributed by atoms with Crippen LogP contribution in [0.15, 0.2) is 30.3 Å². The van der Waals surface area contributed by atoms with Gasteiger partial charge >= 0.3 is 0 Å². The van der Waals surface area contributed by atoms with Gasteiger partial charge in [-0.15, -0.1) is 0 Å². The van der Waals surface area contributed by atoms with Gasteiger partial charge in [0.25, 0.3) is 0 Å². The molecule has 2 rings (SSSR count). The largest absolute Gasteiger partial charge is 0.385 e. The summed E-state index contributed by atoms with van der Waals surface area (Å²) in [5.41, 5.74) is 1.89. The van der Waals surface area contributed by atoms with E-state index in [4.69, 9.17) is 4.74 Å². The Labute approximate surface area is 104 Å². The molecule has 1 fully saturated rings. The Balaban J connectivity index is 2.03. The summed E-state index contributed by atoms with van der Waals surface area (Å²) in [5.74, 6) is 0. The van der Waals surface area contributed by atoms with Gasteiger partial charge in [-0.05, 0) is 38.3 Å². The van der Waals surface area contributed by atoms with Crippen molar-refractivity contribution in [2.75, 3.05) is 20.8 Å². The van der Waals surface area contributed by atoms with Crippen molar-refractivity contribution in [2.45, 2.75) is 37.1 Å². The second-order valence-electron chi connectivity index (χ2n) is 5.00. The lowest BCUT2D eigenvalue weighted by Gasteiger charge is -2.27. The fourth-order valence-corrected chi connectivity index (χ4v) is 2.87. The van der Waals surface area contributed by atoms with Crippen LogP contribution in [0.25, 0.3) is 0 Å². The lowest BCUT2D eigenvalue weighted by Crippen LogP contribution is -2.38. The number of nitrogens with one attached hydrogen (secondary N) is 1. The van der Waals surface area contributed by atoms with Crippen molar-refractivity contribution in [3.63, 3.8) is 0 Å². The highest BCUT2D eigenvalue weighted by Crippen LogP contribution is 2.51. The van der Waals surface area contributed by atoms with Gasteiger partial charge in [-0.25, -0.2) is 0 Å². The van der Waals surface area contributed by atoms with Crippen LogP contribution in [0.5, 0.6) is 0 Å². The fraction of sp³-hybridized carbons (Fsp3) is 0.600. The molecule has 1 saturated carbocycles. The molecule has 0 spiro atoms. The highest BCUT2D eigenvalue weighted by molar-refractivity contribution is 5.33. The lowest BCUT2D eigenvalue weighted by atomic mass is 9.85. The van der Waals surface area contributed by atoms with Crippen LogP contribution in [0.3, 0.4) is 0 Å². The molecule has 0 amide bonds. The molecule has 1 N–H and O–H groups in total. The molecule has 0 radical (unpaired) electrons. The monoisotopic (exact) mass is 233 g/mol. The molecule has 17 heavy (non-hydrogen) atoms. The quantitative estimate of drug-likeness (QED) is 0.731. The zero-order chi connectivity index (χ0) is 12.1. The van der Waals surface area contributed by atoms with E-state index >= 15 is 0 Å². The summed E-state index contributed by atoms with van der Waals surface area (Å²) in [5, 5.41) is 3.51. The summed E-state index contributed by atoms with van der Waals surface area (Å²) in [4.78, 5) is 0. The van der Waals surface area contributed by atoms with E-state index in [2.05, 4.69) is 42.7 Å². The maximum absolute atomic E-state index is 5.15. The highest BCUT2D eigenvalue weighted by atomic mass is 16.5. The maximum atomic E-state index is 5.15. The first-order valence-corrected chi connectivity index (χ1v) is 6.55. The summed E-state index contributed by atoms with van der Waals surface area (Å²) < 4.78 is 5.15. The molecule has 2 heteroatoms. The fourth-order valence-electron chi connectivity index (χ4n) is 2.87. The van der Waals surface area contributed by atoms with E-state index in [-0.39, 0.29) is 0 Å². The van der Waals surface area contributed by atoms with Crippen LogP contribution in [0, 0.1) is 0 Å². The zero-order valence-electron chi connectivity index (χ0n) is 10.9. The molecule has 0 bridgehead atoms. The van der Waals surface area contributed by atoms with E-state index in [1.54, 1.807) is 7.11 Å². The van der Waals surface area contributed by atoms with Crippen molar-refractivity contribution < 1.29 is 4.74 Å². The van der Waals surface area contributed by atoms with E-state index in [9.17, 15) is 0 Å². The Morgan fingerprint density at radius 1 is 1.29 bits per heavy atom. The predicted molar refractivity (Wildman–Crippen MR) is 71.3 cm³/mol. The number of ether oxygens (including phenoxy) is 1. The second kappa shape index (κ2) is 5.65. The van der Waals surface area contributed by atoms with Gasteiger partial charge in [0.05, 0.1) is 0 Å². The van der Waals surface area contributed by atoms with Crippen molar-refractivity contribution in [3.05, 3.63) is 35.9 Å². The molecule has 1 atom stereocenters. The number of hydrogen-bond donors (Lipinski definition) is 1. The van der Waals surface area contributed by atoms with E-state index < -0.39 is 0 Å². The third-order valence-corrected chi connectivity index (χ3v) is 3.99. The smallest absolute Gasteiger partial charge is 0.0462 e. The van der Waals surface area contributed by atoms with Crippen LogP contribution in [0.1, 0.15) is 31.2 Å². The number of benzene rings is 1.